The Balaban J connectivity index is 2.56. The molecule has 1 aromatic carbocycles. The molecule has 340 valence electrons. The summed E-state index contributed by atoms with van der Waals surface area (Å²) in [7, 11) is 0. The second-order valence-corrected chi connectivity index (χ2v) is 16.5. The van der Waals surface area contributed by atoms with Crippen LogP contribution in [0.25, 0.3) is 0 Å². The summed E-state index contributed by atoms with van der Waals surface area (Å²) >= 11 is 0. The topological polar surface area (TPSA) is 238 Å². The number of benzene rings is 1. The Morgan fingerprint density at radius 2 is 1.28 bits per heavy atom. The Morgan fingerprint density at radius 3 is 1.83 bits per heavy atom. The molecule has 0 radical (unpaired) electrons. The van der Waals surface area contributed by atoms with Crippen LogP contribution in [-0.2, 0) is 40.1 Å². The maximum atomic E-state index is 13.2. The number of nitrogens with one attached hydrogen (secondary N) is 4. The van der Waals surface area contributed by atoms with E-state index in [9.17, 15) is 38.9 Å². The van der Waals surface area contributed by atoms with Crippen LogP contribution in [0.3, 0.4) is 0 Å². The fourth-order valence-electron chi connectivity index (χ4n) is 6.43. The van der Waals surface area contributed by atoms with E-state index in [4.69, 9.17) is 15.2 Å². The van der Waals surface area contributed by atoms with Gasteiger partial charge in [-0.15, -0.1) is 0 Å². The molecule has 5 amide bonds. The van der Waals surface area contributed by atoms with Crippen molar-refractivity contribution in [3.63, 3.8) is 0 Å². The van der Waals surface area contributed by atoms with Crippen molar-refractivity contribution in [3.05, 3.63) is 39.9 Å². The Morgan fingerprint density at radius 1 is 0.717 bits per heavy atom. The normalized spacial score (nSPS) is 12.7. The van der Waals surface area contributed by atoms with E-state index in [1.807, 2.05) is 0 Å². The summed E-state index contributed by atoms with van der Waals surface area (Å²) in [6, 6.07) is 2.32. The third-order valence-electron chi connectivity index (χ3n) is 9.87. The Labute approximate surface area is 357 Å². The smallest absolute Gasteiger partial charge is 0.408 e. The lowest BCUT2D eigenvalue weighted by Gasteiger charge is -2.23. The van der Waals surface area contributed by atoms with Gasteiger partial charge in [-0.1, -0.05) is 109 Å². The molecule has 0 saturated heterocycles. The van der Waals surface area contributed by atoms with E-state index in [0.717, 1.165) is 19.3 Å². The summed E-state index contributed by atoms with van der Waals surface area (Å²) in [5.41, 5.74) is 4.64. The van der Waals surface area contributed by atoms with Gasteiger partial charge in [0, 0.05) is 25.5 Å². The molecule has 16 heteroatoms. The van der Waals surface area contributed by atoms with Crippen LogP contribution < -0.4 is 27.0 Å². The van der Waals surface area contributed by atoms with Crippen molar-refractivity contribution in [2.45, 2.75) is 200 Å². The minimum atomic E-state index is -1.27. The number of carbonyl (C=O) groups is 6. The first kappa shape index (κ1) is 53.3. The molecule has 1 rings (SSSR count). The average molecular weight is 847 g/mol. The largest absolute Gasteiger partial charge is 0.459 e. The molecule has 0 aliphatic heterocycles. The fraction of sp³-hybridized carbons (Fsp3) is 0.727. The molecule has 1 aromatic rings. The van der Waals surface area contributed by atoms with Gasteiger partial charge in [0.15, 0.2) is 0 Å². The number of rotatable bonds is 33. The average Bonchev–Trinajstić information content (AvgIpc) is 3.18. The maximum Gasteiger partial charge on any atom is 0.408 e. The van der Waals surface area contributed by atoms with Crippen molar-refractivity contribution in [3.8, 4) is 0 Å². The number of primary amides is 1. The van der Waals surface area contributed by atoms with Crippen molar-refractivity contribution < 1.29 is 43.2 Å². The number of hydrogen-bond acceptors (Lipinski definition) is 10. The highest BCUT2D eigenvalue weighted by Gasteiger charge is 2.27. The lowest BCUT2D eigenvalue weighted by molar-refractivity contribution is -0.385. The monoisotopic (exact) mass is 847 g/mol. The molecular formula is C44H74N6O10. The van der Waals surface area contributed by atoms with E-state index in [1.54, 1.807) is 26.8 Å². The SMILES string of the molecule is CCCCCCCCCCCCCCCCCC(=O)NCCCC[C@H](NC(=O)CC[C@@H](NC(=O)[C@H](C)NC(=O)OC(C)(C)C)C(N)=O)C(=O)OCc1ccccc1[N+](=O)[O-]. The zero-order valence-electron chi connectivity index (χ0n) is 36.9. The van der Waals surface area contributed by atoms with Gasteiger partial charge in [-0.2, -0.15) is 0 Å². The van der Waals surface area contributed by atoms with Crippen LogP contribution in [0, 0.1) is 10.1 Å². The number of nitro benzene ring substituents is 1. The fourth-order valence-corrected chi connectivity index (χ4v) is 6.43. The molecule has 6 N–H and O–H groups in total. The van der Waals surface area contributed by atoms with E-state index in [-0.39, 0.29) is 36.4 Å². The van der Waals surface area contributed by atoms with Crippen LogP contribution in [0.2, 0.25) is 0 Å². The maximum absolute atomic E-state index is 13.2. The van der Waals surface area contributed by atoms with E-state index in [1.165, 1.54) is 102 Å². The molecular weight excluding hydrogens is 773 g/mol. The van der Waals surface area contributed by atoms with E-state index < -0.39 is 65.0 Å². The first-order valence-corrected chi connectivity index (χ1v) is 22.1. The van der Waals surface area contributed by atoms with Gasteiger partial charge in [0.2, 0.25) is 23.6 Å². The molecule has 0 bridgehead atoms. The lowest BCUT2D eigenvalue weighted by atomic mass is 10.0. The molecule has 16 nitrogen and oxygen atoms in total. The van der Waals surface area contributed by atoms with Gasteiger partial charge in [-0.3, -0.25) is 29.3 Å². The lowest BCUT2D eigenvalue weighted by Crippen LogP contribution is -2.52. The molecule has 0 fully saturated rings. The van der Waals surface area contributed by atoms with Crippen molar-refractivity contribution in [2.24, 2.45) is 5.73 Å². The van der Waals surface area contributed by atoms with Gasteiger partial charge < -0.3 is 36.5 Å². The first-order valence-electron chi connectivity index (χ1n) is 22.1. The summed E-state index contributed by atoms with van der Waals surface area (Å²) in [6.07, 6.45) is 18.9. The first-order chi connectivity index (χ1) is 28.5. The molecule has 0 aromatic heterocycles. The van der Waals surface area contributed by atoms with Crippen molar-refractivity contribution >= 4 is 41.4 Å². The second-order valence-electron chi connectivity index (χ2n) is 16.5. The third kappa shape index (κ3) is 26.4. The third-order valence-corrected chi connectivity index (χ3v) is 9.87. The van der Waals surface area contributed by atoms with Gasteiger partial charge >= 0.3 is 12.1 Å². The van der Waals surface area contributed by atoms with Gasteiger partial charge in [-0.25, -0.2) is 9.59 Å². The molecule has 60 heavy (non-hydrogen) atoms. The minimum Gasteiger partial charge on any atom is -0.459 e. The molecule has 0 unspecified atom stereocenters. The summed E-state index contributed by atoms with van der Waals surface area (Å²) in [4.78, 5) is 86.5. The summed E-state index contributed by atoms with van der Waals surface area (Å²) in [5.74, 6) is -3.14. The highest BCUT2D eigenvalue weighted by atomic mass is 16.6. The second kappa shape index (κ2) is 31.2. The Bertz CT molecular complexity index is 1470. The summed E-state index contributed by atoms with van der Waals surface area (Å²) in [6.45, 7) is 8.59. The number of ether oxygens (including phenoxy) is 2. The van der Waals surface area contributed by atoms with Gasteiger partial charge in [0.05, 0.1) is 10.5 Å². The van der Waals surface area contributed by atoms with Gasteiger partial charge in [-0.05, 0) is 65.9 Å². The van der Waals surface area contributed by atoms with E-state index in [0.29, 0.717) is 25.8 Å². The van der Waals surface area contributed by atoms with Crippen LogP contribution in [0.1, 0.15) is 175 Å². The van der Waals surface area contributed by atoms with Gasteiger partial charge in [0.1, 0.15) is 30.3 Å². The zero-order chi connectivity index (χ0) is 44.8. The van der Waals surface area contributed by atoms with Crippen LogP contribution in [-0.4, -0.2) is 70.9 Å². The highest BCUT2D eigenvalue weighted by Crippen LogP contribution is 2.19. The quantitative estimate of drug-likeness (QED) is 0.0204. The predicted molar refractivity (Wildman–Crippen MR) is 230 cm³/mol. The Kier molecular flexibility index (Phi) is 27.7. The van der Waals surface area contributed by atoms with Crippen molar-refractivity contribution in [1.29, 1.82) is 0 Å². The standard InChI is InChI=1S/C44H74N6O10/c1-6-7-8-9-10-11-12-13-14-15-16-17-18-19-20-28-38(51)46-31-24-23-26-36(42(55)59-32-34-25-21-22-27-37(34)50(57)58)48-39(52)30-29-35(40(45)53)49-41(54)33(2)47-43(56)60-44(3,4)5/h21-22,25,27,33,35-36H,6-20,23-24,26,28-32H2,1-5H3,(H2,45,53)(H,46,51)(H,47,56)(H,48,52)(H,49,54)/t33-,35+,36-/m0/s1. The highest BCUT2D eigenvalue weighted by molar-refractivity contribution is 5.91. The van der Waals surface area contributed by atoms with E-state index >= 15 is 0 Å². The van der Waals surface area contributed by atoms with Crippen molar-refractivity contribution in [1.82, 2.24) is 21.3 Å². The number of nitrogens with zero attached hydrogens (tertiary/aromatic N) is 1. The summed E-state index contributed by atoms with van der Waals surface area (Å²) in [5, 5.41) is 21.8. The predicted octanol–water partition coefficient (Wildman–Crippen LogP) is 7.33. The number of nitrogens with two attached hydrogens (primary N) is 1. The number of unbranched alkanes of at least 4 members (excludes halogenated alkanes) is 15. The molecule has 0 spiro atoms. The van der Waals surface area contributed by atoms with Crippen LogP contribution >= 0.6 is 0 Å². The number of hydrogen-bond donors (Lipinski definition) is 5. The molecule has 3 atom stereocenters. The van der Waals surface area contributed by atoms with Crippen LogP contribution in [0.4, 0.5) is 10.5 Å². The Hall–Kier alpha value is -4.76. The number of carbonyl (C=O) groups excluding carboxylic acids is 6. The van der Waals surface area contributed by atoms with Gasteiger partial charge in [0.25, 0.3) is 5.69 Å². The number of nitro groups is 1. The molecule has 0 aliphatic carbocycles. The van der Waals surface area contributed by atoms with Crippen LogP contribution in [0.5, 0.6) is 0 Å². The van der Waals surface area contributed by atoms with Crippen molar-refractivity contribution in [2.75, 3.05) is 6.54 Å². The van der Waals surface area contributed by atoms with Crippen LogP contribution in [0.15, 0.2) is 24.3 Å². The number of alkyl carbamates (subject to hydrolysis) is 1. The summed E-state index contributed by atoms with van der Waals surface area (Å²) < 4.78 is 10.5. The number of para-hydroxylation sites is 1. The molecule has 0 heterocycles. The van der Waals surface area contributed by atoms with E-state index in [2.05, 4.69) is 28.2 Å². The zero-order valence-corrected chi connectivity index (χ0v) is 36.9. The minimum absolute atomic E-state index is 0.0375. The number of esters is 1. The molecule has 0 aliphatic rings. The number of amides is 5. The molecule has 0 saturated carbocycles.